The molecule has 0 radical (unpaired) electrons. The second-order valence-electron chi connectivity index (χ2n) is 3.75. The summed E-state index contributed by atoms with van der Waals surface area (Å²) in [5, 5.41) is 10.4. The first kappa shape index (κ1) is 13.5. The number of rotatable bonds is 3. The lowest BCUT2D eigenvalue weighted by Crippen LogP contribution is -1.95. The second-order valence-corrected chi connectivity index (χ2v) is 5.64. The number of pyridine rings is 1. The first-order valence-corrected chi connectivity index (χ1v) is 6.95. The van der Waals surface area contributed by atoms with Crippen LogP contribution in [-0.4, -0.2) is 10.1 Å². The Labute approximate surface area is 117 Å². The van der Waals surface area contributed by atoms with E-state index in [1.807, 2.05) is 12.1 Å². The highest BCUT2D eigenvalue weighted by molar-refractivity contribution is 9.10. The molecular formula is C13H11BrFNOS. The molecule has 0 aliphatic rings. The van der Waals surface area contributed by atoms with Crippen LogP contribution in [0.25, 0.3) is 0 Å². The van der Waals surface area contributed by atoms with E-state index in [0.717, 1.165) is 14.4 Å². The van der Waals surface area contributed by atoms with Crippen LogP contribution in [0.1, 0.15) is 18.6 Å². The van der Waals surface area contributed by atoms with Crippen LogP contribution in [-0.2, 0) is 0 Å². The molecule has 0 bridgehead atoms. The Hall–Kier alpha value is -0.910. The lowest BCUT2D eigenvalue weighted by molar-refractivity contribution is 0.196. The molecule has 1 aromatic heterocycles. The quantitative estimate of drug-likeness (QED) is 0.917. The van der Waals surface area contributed by atoms with Crippen molar-refractivity contribution in [1.29, 1.82) is 0 Å². The van der Waals surface area contributed by atoms with Crippen LogP contribution in [0.2, 0.25) is 0 Å². The monoisotopic (exact) mass is 327 g/mol. The van der Waals surface area contributed by atoms with Crippen molar-refractivity contribution < 1.29 is 9.50 Å². The van der Waals surface area contributed by atoms with E-state index in [0.29, 0.717) is 5.56 Å². The van der Waals surface area contributed by atoms with Crippen LogP contribution < -0.4 is 0 Å². The zero-order valence-electron chi connectivity index (χ0n) is 9.60. The SMILES string of the molecule is C[C@H](O)c1cc(F)ccc1Sc1ncccc1Br. The molecule has 94 valence electrons. The van der Waals surface area contributed by atoms with Crippen molar-refractivity contribution in [2.75, 3.05) is 0 Å². The minimum Gasteiger partial charge on any atom is -0.389 e. The van der Waals surface area contributed by atoms with Gasteiger partial charge in [0.15, 0.2) is 0 Å². The number of aromatic nitrogens is 1. The second kappa shape index (κ2) is 5.82. The number of aliphatic hydroxyl groups excluding tert-OH is 1. The molecule has 0 unspecified atom stereocenters. The first-order chi connectivity index (χ1) is 8.58. The first-order valence-electron chi connectivity index (χ1n) is 5.34. The Morgan fingerprint density at radius 1 is 1.39 bits per heavy atom. The fourth-order valence-corrected chi connectivity index (χ4v) is 2.96. The highest BCUT2D eigenvalue weighted by atomic mass is 79.9. The van der Waals surface area contributed by atoms with Crippen LogP contribution in [0.15, 0.2) is 50.9 Å². The molecular weight excluding hydrogens is 317 g/mol. The number of benzene rings is 1. The molecule has 1 N–H and O–H groups in total. The smallest absolute Gasteiger partial charge is 0.123 e. The Kier molecular flexibility index (Phi) is 4.37. The molecule has 0 amide bonds. The summed E-state index contributed by atoms with van der Waals surface area (Å²) in [6.07, 6.45) is 0.976. The van der Waals surface area contributed by atoms with Gasteiger partial charge in [-0.25, -0.2) is 9.37 Å². The largest absolute Gasteiger partial charge is 0.389 e. The van der Waals surface area contributed by atoms with Crippen molar-refractivity contribution in [3.8, 4) is 0 Å². The summed E-state index contributed by atoms with van der Waals surface area (Å²) in [7, 11) is 0. The molecule has 0 saturated heterocycles. The molecule has 0 fully saturated rings. The minimum atomic E-state index is -0.717. The predicted molar refractivity (Wildman–Crippen MR) is 73.1 cm³/mol. The molecule has 2 nitrogen and oxygen atoms in total. The minimum absolute atomic E-state index is 0.352. The average molecular weight is 328 g/mol. The standard InChI is InChI=1S/C13H11BrFNOS/c1-8(17)10-7-9(15)4-5-12(10)18-13-11(14)3-2-6-16-13/h2-8,17H,1H3/t8-/m0/s1. The number of nitrogens with zero attached hydrogens (tertiary/aromatic N) is 1. The third-order valence-electron chi connectivity index (χ3n) is 2.35. The van der Waals surface area contributed by atoms with Crippen LogP contribution >= 0.6 is 27.7 Å². The molecule has 5 heteroatoms. The van der Waals surface area contributed by atoms with Gasteiger partial charge in [0, 0.05) is 11.1 Å². The molecule has 0 aliphatic carbocycles. The zero-order chi connectivity index (χ0) is 13.1. The van der Waals surface area contributed by atoms with Crippen molar-refractivity contribution in [2.24, 2.45) is 0 Å². The van der Waals surface area contributed by atoms with Crippen LogP contribution in [0.4, 0.5) is 4.39 Å². The van der Waals surface area contributed by atoms with Gasteiger partial charge >= 0.3 is 0 Å². The summed E-state index contributed by atoms with van der Waals surface area (Å²) in [5.74, 6) is -0.352. The lowest BCUT2D eigenvalue weighted by atomic mass is 10.1. The molecule has 1 atom stereocenters. The molecule has 1 aromatic carbocycles. The van der Waals surface area contributed by atoms with Gasteiger partial charge in [0.1, 0.15) is 10.8 Å². The van der Waals surface area contributed by atoms with Crippen molar-refractivity contribution in [2.45, 2.75) is 22.9 Å². The lowest BCUT2D eigenvalue weighted by Gasteiger charge is -2.11. The van der Waals surface area contributed by atoms with Gasteiger partial charge in [-0.15, -0.1) is 0 Å². The molecule has 18 heavy (non-hydrogen) atoms. The highest BCUT2D eigenvalue weighted by Gasteiger charge is 2.12. The van der Waals surface area contributed by atoms with Crippen molar-refractivity contribution in [1.82, 2.24) is 4.98 Å². The summed E-state index contributed by atoms with van der Waals surface area (Å²) in [6.45, 7) is 1.62. The molecule has 2 aromatic rings. The maximum atomic E-state index is 13.2. The van der Waals surface area contributed by atoms with E-state index in [1.165, 1.54) is 23.9 Å². The van der Waals surface area contributed by atoms with Gasteiger partial charge in [0.2, 0.25) is 0 Å². The molecule has 2 rings (SSSR count). The van der Waals surface area contributed by atoms with E-state index in [9.17, 15) is 9.50 Å². The summed E-state index contributed by atoms with van der Waals surface area (Å²) in [4.78, 5) is 5.03. The molecule has 0 aliphatic heterocycles. The number of hydrogen-bond donors (Lipinski definition) is 1. The van der Waals surface area contributed by atoms with Crippen molar-refractivity contribution in [3.05, 3.63) is 52.4 Å². The fraction of sp³-hybridized carbons (Fsp3) is 0.154. The van der Waals surface area contributed by atoms with Crippen LogP contribution in [0.3, 0.4) is 0 Å². The Bertz CT molecular complexity index is 562. The Morgan fingerprint density at radius 2 is 2.17 bits per heavy atom. The van der Waals surface area contributed by atoms with Gasteiger partial charge < -0.3 is 5.11 Å². The van der Waals surface area contributed by atoms with Crippen LogP contribution in [0.5, 0.6) is 0 Å². The van der Waals surface area contributed by atoms with E-state index in [-0.39, 0.29) is 5.82 Å². The Balaban J connectivity index is 2.37. The van der Waals surface area contributed by atoms with Gasteiger partial charge in [0.05, 0.1) is 10.6 Å². The normalized spacial score (nSPS) is 12.4. The van der Waals surface area contributed by atoms with E-state index in [2.05, 4.69) is 20.9 Å². The van der Waals surface area contributed by atoms with E-state index in [1.54, 1.807) is 19.2 Å². The maximum Gasteiger partial charge on any atom is 0.123 e. The summed E-state index contributed by atoms with van der Waals surface area (Å²) >= 11 is 4.80. The topological polar surface area (TPSA) is 33.1 Å². The third-order valence-corrected chi connectivity index (χ3v) is 4.37. The fourth-order valence-electron chi connectivity index (χ4n) is 1.49. The van der Waals surface area contributed by atoms with E-state index in [4.69, 9.17) is 0 Å². The number of halogens is 2. The van der Waals surface area contributed by atoms with Crippen molar-refractivity contribution in [3.63, 3.8) is 0 Å². The molecule has 0 spiro atoms. The summed E-state index contributed by atoms with van der Waals surface area (Å²) in [5.41, 5.74) is 0.567. The van der Waals surface area contributed by atoms with Crippen LogP contribution in [0, 0.1) is 5.82 Å². The number of aliphatic hydroxyl groups is 1. The van der Waals surface area contributed by atoms with Gasteiger partial charge in [-0.1, -0.05) is 11.8 Å². The van der Waals surface area contributed by atoms with Gasteiger partial charge in [-0.05, 0) is 58.7 Å². The highest BCUT2D eigenvalue weighted by Crippen LogP contribution is 2.35. The molecule has 0 saturated carbocycles. The predicted octanol–water partition coefficient (Wildman–Crippen LogP) is 4.19. The zero-order valence-corrected chi connectivity index (χ0v) is 12.0. The van der Waals surface area contributed by atoms with E-state index < -0.39 is 6.10 Å². The summed E-state index contributed by atoms with van der Waals surface area (Å²) < 4.78 is 14.1. The number of hydrogen-bond acceptors (Lipinski definition) is 3. The average Bonchev–Trinajstić information content (AvgIpc) is 2.34. The molecule has 1 heterocycles. The van der Waals surface area contributed by atoms with Gasteiger partial charge in [0.25, 0.3) is 0 Å². The van der Waals surface area contributed by atoms with Crippen molar-refractivity contribution >= 4 is 27.7 Å². The van der Waals surface area contributed by atoms with Gasteiger partial charge in [-0.3, -0.25) is 0 Å². The maximum absolute atomic E-state index is 13.2. The third kappa shape index (κ3) is 3.10. The van der Waals surface area contributed by atoms with Gasteiger partial charge in [-0.2, -0.15) is 0 Å². The summed E-state index contributed by atoms with van der Waals surface area (Å²) in [6, 6.07) is 8.10. The Morgan fingerprint density at radius 3 is 2.83 bits per heavy atom. The van der Waals surface area contributed by atoms with E-state index >= 15 is 0 Å².